The van der Waals surface area contributed by atoms with Gasteiger partial charge in [-0.05, 0) is 42.7 Å². The van der Waals surface area contributed by atoms with E-state index in [0.29, 0.717) is 0 Å². The third kappa shape index (κ3) is 7.31. The van der Waals surface area contributed by atoms with Gasteiger partial charge >= 0.3 is 20.2 Å². The highest BCUT2D eigenvalue weighted by molar-refractivity contribution is 7.87. The van der Waals surface area contributed by atoms with Crippen molar-refractivity contribution < 1.29 is 25.2 Å². The molecule has 0 unspecified atom stereocenters. The number of unbranched alkanes of at least 4 members (excludes halogenated alkanes) is 5. The van der Waals surface area contributed by atoms with E-state index in [9.17, 15) is 16.8 Å². The number of hydrogen-bond acceptors (Lipinski definition) is 7. The second kappa shape index (κ2) is 11.7. The third-order valence-corrected chi connectivity index (χ3v) is 8.25. The quantitative estimate of drug-likeness (QED) is 0.202. The number of benzene rings is 2. The summed E-state index contributed by atoms with van der Waals surface area (Å²) >= 11 is 1.08. The molecule has 0 amide bonds. The summed E-state index contributed by atoms with van der Waals surface area (Å²) in [6.07, 6.45) is 8.09. The average molecular weight is 509 g/mol. The topological polar surface area (TPSA) is 86.7 Å². The van der Waals surface area contributed by atoms with Crippen LogP contribution in [0.4, 0.5) is 0 Å². The Hall–Kier alpha value is -2.36. The molecule has 0 radical (unpaired) electrons. The number of hydrogen-bond donors (Lipinski definition) is 0. The maximum Gasteiger partial charge on any atom is 0.339 e. The monoisotopic (exact) mass is 508 g/mol. The molecule has 0 N–H and O–H groups in total. The van der Waals surface area contributed by atoms with Crippen molar-refractivity contribution in [1.29, 1.82) is 0 Å². The van der Waals surface area contributed by atoms with Gasteiger partial charge in [-0.15, -0.1) is 11.3 Å². The summed E-state index contributed by atoms with van der Waals surface area (Å²) in [5.74, 6) is -0.345. The van der Waals surface area contributed by atoms with Crippen molar-refractivity contribution in [3.63, 3.8) is 0 Å². The molecular formula is C24H28O6S3. The Morgan fingerprint density at radius 1 is 0.667 bits per heavy atom. The highest BCUT2D eigenvalue weighted by atomic mass is 32.2. The zero-order valence-corrected chi connectivity index (χ0v) is 20.9. The van der Waals surface area contributed by atoms with Crippen molar-refractivity contribution >= 4 is 31.6 Å². The van der Waals surface area contributed by atoms with E-state index in [0.717, 1.165) is 36.2 Å². The molecule has 0 saturated heterocycles. The number of thiophene rings is 1. The predicted molar refractivity (Wildman–Crippen MR) is 130 cm³/mol. The van der Waals surface area contributed by atoms with Crippen molar-refractivity contribution in [3.05, 3.63) is 70.9 Å². The van der Waals surface area contributed by atoms with Gasteiger partial charge in [-0.3, -0.25) is 0 Å². The van der Waals surface area contributed by atoms with Crippen LogP contribution in [0, 0.1) is 0 Å². The minimum atomic E-state index is -4.15. The van der Waals surface area contributed by atoms with Crippen LogP contribution in [0.3, 0.4) is 0 Å². The Morgan fingerprint density at radius 3 is 1.76 bits per heavy atom. The van der Waals surface area contributed by atoms with Gasteiger partial charge in [0.05, 0.1) is 0 Å². The van der Waals surface area contributed by atoms with E-state index in [2.05, 4.69) is 6.92 Å². The highest BCUT2D eigenvalue weighted by Crippen LogP contribution is 2.35. The molecule has 6 nitrogen and oxygen atoms in total. The zero-order valence-electron chi connectivity index (χ0n) is 18.5. The van der Waals surface area contributed by atoms with Crippen LogP contribution >= 0.6 is 11.3 Å². The van der Waals surface area contributed by atoms with Crippen LogP contribution in [-0.4, -0.2) is 16.8 Å². The largest absolute Gasteiger partial charge is 0.374 e. The van der Waals surface area contributed by atoms with E-state index in [1.807, 2.05) is 0 Å². The first-order valence-electron chi connectivity index (χ1n) is 10.9. The van der Waals surface area contributed by atoms with Gasteiger partial charge < -0.3 is 8.37 Å². The third-order valence-electron chi connectivity index (χ3n) is 5.05. The maximum absolute atomic E-state index is 12.7. The Labute approximate surface area is 200 Å². The minimum Gasteiger partial charge on any atom is -0.374 e. The summed E-state index contributed by atoms with van der Waals surface area (Å²) in [5.41, 5.74) is 1.07. The molecule has 0 aliphatic carbocycles. The summed E-state index contributed by atoms with van der Waals surface area (Å²) < 4.78 is 60.7. The predicted octanol–water partition coefficient (Wildman–Crippen LogP) is 6.19. The average Bonchev–Trinajstić information content (AvgIpc) is 3.22. The molecule has 0 aliphatic rings. The van der Waals surface area contributed by atoms with Gasteiger partial charge in [0.15, 0.2) is 11.5 Å². The van der Waals surface area contributed by atoms with E-state index < -0.39 is 20.2 Å². The first-order chi connectivity index (χ1) is 15.8. The molecule has 0 spiro atoms. The molecule has 0 atom stereocenters. The number of rotatable bonds is 13. The molecule has 2 aromatic carbocycles. The van der Waals surface area contributed by atoms with Gasteiger partial charge in [0.25, 0.3) is 0 Å². The Kier molecular flexibility index (Phi) is 8.94. The smallest absolute Gasteiger partial charge is 0.339 e. The molecule has 1 aromatic heterocycles. The molecular weight excluding hydrogens is 480 g/mol. The van der Waals surface area contributed by atoms with Gasteiger partial charge in [-0.1, -0.05) is 69.4 Å². The summed E-state index contributed by atoms with van der Waals surface area (Å²) in [5, 5.41) is 2.77. The molecule has 9 heteroatoms. The Balaban J connectivity index is 1.63. The molecule has 178 valence electrons. The summed E-state index contributed by atoms with van der Waals surface area (Å²) in [6, 6.07) is 14.2. The van der Waals surface area contributed by atoms with Crippen LogP contribution in [0.5, 0.6) is 11.5 Å². The molecule has 3 rings (SSSR count). The second-order valence-electron chi connectivity index (χ2n) is 7.65. The van der Waals surface area contributed by atoms with Crippen molar-refractivity contribution in [3.8, 4) is 11.5 Å². The summed E-state index contributed by atoms with van der Waals surface area (Å²) in [6.45, 7) is 2.19. The molecule has 0 fully saturated rings. The molecule has 0 bridgehead atoms. The zero-order chi connectivity index (χ0) is 23.7. The summed E-state index contributed by atoms with van der Waals surface area (Å²) in [4.78, 5) is -0.0387. The van der Waals surface area contributed by atoms with Crippen LogP contribution in [0.25, 0.3) is 0 Å². The summed E-state index contributed by atoms with van der Waals surface area (Å²) in [7, 11) is -8.26. The van der Waals surface area contributed by atoms with Crippen LogP contribution in [0.15, 0.2) is 75.1 Å². The van der Waals surface area contributed by atoms with E-state index in [-0.39, 0.29) is 21.3 Å². The lowest BCUT2D eigenvalue weighted by Crippen LogP contribution is -2.12. The van der Waals surface area contributed by atoms with Crippen LogP contribution < -0.4 is 8.37 Å². The normalized spacial score (nSPS) is 11.9. The van der Waals surface area contributed by atoms with Crippen molar-refractivity contribution in [1.82, 2.24) is 0 Å². The van der Waals surface area contributed by atoms with Gasteiger partial charge in [-0.25, -0.2) is 0 Å². The SMILES string of the molecule is CCCCCCCCc1ccc(S(=O)(=O)Oc2cscc2OS(=O)(=O)c2ccccc2)cc1. The van der Waals surface area contributed by atoms with E-state index >= 15 is 0 Å². The number of aryl methyl sites for hydroxylation is 1. The molecule has 0 aliphatic heterocycles. The van der Waals surface area contributed by atoms with Crippen LogP contribution in [-0.2, 0) is 26.7 Å². The minimum absolute atomic E-state index is 0.00253. The first-order valence-corrected chi connectivity index (χ1v) is 14.7. The molecule has 1 heterocycles. The Bertz CT molecular complexity index is 1210. The van der Waals surface area contributed by atoms with Gasteiger partial charge in [0.2, 0.25) is 0 Å². The van der Waals surface area contributed by atoms with Gasteiger partial charge in [-0.2, -0.15) is 16.8 Å². The molecule has 0 saturated carbocycles. The van der Waals surface area contributed by atoms with E-state index in [1.165, 1.54) is 60.7 Å². The highest BCUT2D eigenvalue weighted by Gasteiger charge is 2.24. The lowest BCUT2D eigenvalue weighted by atomic mass is 10.1. The van der Waals surface area contributed by atoms with Crippen LogP contribution in [0.1, 0.15) is 51.0 Å². The van der Waals surface area contributed by atoms with E-state index in [4.69, 9.17) is 8.37 Å². The van der Waals surface area contributed by atoms with Crippen molar-refractivity contribution in [2.75, 3.05) is 0 Å². The fourth-order valence-electron chi connectivity index (χ4n) is 3.25. The van der Waals surface area contributed by atoms with E-state index in [1.54, 1.807) is 30.3 Å². The maximum atomic E-state index is 12.7. The van der Waals surface area contributed by atoms with Crippen molar-refractivity contribution in [2.45, 2.75) is 61.7 Å². The lowest BCUT2D eigenvalue weighted by molar-refractivity contribution is 0.451. The first kappa shape index (κ1) is 25.3. The molecule has 3 aromatic rings. The molecule has 33 heavy (non-hydrogen) atoms. The van der Waals surface area contributed by atoms with Gasteiger partial charge in [0.1, 0.15) is 9.79 Å². The standard InChI is InChI=1S/C24H28O6S3/c1-2-3-4-5-6-8-11-20-14-16-22(17-15-20)33(27,28)30-24-19-31-18-23(24)29-32(25,26)21-12-9-7-10-13-21/h7,9-10,12-19H,2-6,8,11H2,1H3. The Morgan fingerprint density at radius 2 is 1.18 bits per heavy atom. The van der Waals surface area contributed by atoms with Crippen LogP contribution in [0.2, 0.25) is 0 Å². The fraction of sp³-hybridized carbons (Fsp3) is 0.333. The second-order valence-corrected chi connectivity index (χ2v) is 11.5. The van der Waals surface area contributed by atoms with Gasteiger partial charge in [0, 0.05) is 10.8 Å². The fourth-order valence-corrected chi connectivity index (χ4v) is 5.90. The van der Waals surface area contributed by atoms with Crippen molar-refractivity contribution in [2.24, 2.45) is 0 Å². The lowest BCUT2D eigenvalue weighted by Gasteiger charge is -2.10.